The first-order valence-electron chi connectivity index (χ1n) is 12.3. The molecule has 2 heteroatoms. The van der Waals surface area contributed by atoms with E-state index in [0.29, 0.717) is 5.92 Å². The molecular formula is C27H42O2. The van der Waals surface area contributed by atoms with Gasteiger partial charge in [0.2, 0.25) is 0 Å². The quantitative estimate of drug-likeness (QED) is 0.314. The fraction of sp³-hybridized carbons (Fsp3) is 0.741. The van der Waals surface area contributed by atoms with Gasteiger partial charge in [0.25, 0.3) is 0 Å². The summed E-state index contributed by atoms with van der Waals surface area (Å²) < 4.78 is 5.91. The maximum absolute atomic E-state index is 12.6. The number of hydrogen-bond acceptors (Lipinski definition) is 2. The molecule has 0 saturated heterocycles. The smallest absolute Gasteiger partial charge is 0.309 e. The highest BCUT2D eigenvalue weighted by molar-refractivity contribution is 5.72. The van der Waals surface area contributed by atoms with Crippen molar-refractivity contribution in [3.05, 3.63) is 37.5 Å². The van der Waals surface area contributed by atoms with Crippen LogP contribution in [0.5, 0.6) is 0 Å². The topological polar surface area (TPSA) is 26.3 Å². The summed E-state index contributed by atoms with van der Waals surface area (Å²) in [6.07, 6.45) is 25.7. The van der Waals surface area contributed by atoms with Crippen LogP contribution in [0.3, 0.4) is 0 Å². The van der Waals surface area contributed by atoms with E-state index in [0.717, 1.165) is 62.7 Å². The summed E-state index contributed by atoms with van der Waals surface area (Å²) in [6, 6.07) is 0. The maximum Gasteiger partial charge on any atom is 0.309 e. The molecule has 3 saturated carbocycles. The molecule has 0 bridgehead atoms. The lowest BCUT2D eigenvalue weighted by atomic mass is 9.79. The van der Waals surface area contributed by atoms with Gasteiger partial charge < -0.3 is 4.74 Å². The van der Waals surface area contributed by atoms with Gasteiger partial charge in [-0.3, -0.25) is 4.79 Å². The molecule has 0 spiro atoms. The van der Waals surface area contributed by atoms with E-state index in [1.807, 2.05) is 6.08 Å². The highest BCUT2D eigenvalue weighted by Crippen LogP contribution is 2.35. The average molecular weight is 399 g/mol. The second-order valence-electron chi connectivity index (χ2n) is 9.85. The van der Waals surface area contributed by atoms with E-state index in [1.54, 1.807) is 0 Å². The molecule has 3 fully saturated rings. The summed E-state index contributed by atoms with van der Waals surface area (Å²) >= 11 is 0. The van der Waals surface area contributed by atoms with E-state index >= 15 is 0 Å². The molecule has 162 valence electrons. The third kappa shape index (κ3) is 7.15. The molecule has 2 nitrogen and oxygen atoms in total. The Balaban J connectivity index is 1.32. The Morgan fingerprint density at radius 1 is 0.759 bits per heavy atom. The van der Waals surface area contributed by atoms with Gasteiger partial charge in [-0.1, -0.05) is 24.3 Å². The van der Waals surface area contributed by atoms with Crippen LogP contribution in [0.4, 0.5) is 0 Å². The highest BCUT2D eigenvalue weighted by atomic mass is 16.5. The molecule has 3 aliphatic carbocycles. The van der Waals surface area contributed by atoms with Crippen molar-refractivity contribution in [1.29, 1.82) is 0 Å². The summed E-state index contributed by atoms with van der Waals surface area (Å²) in [5, 5.41) is 0. The second-order valence-corrected chi connectivity index (χ2v) is 9.85. The minimum absolute atomic E-state index is 0.0877. The zero-order valence-electron chi connectivity index (χ0n) is 18.4. The molecule has 3 aliphatic rings. The molecular weight excluding hydrogens is 356 g/mol. The zero-order valence-corrected chi connectivity index (χ0v) is 18.4. The van der Waals surface area contributed by atoms with Crippen molar-refractivity contribution < 1.29 is 9.53 Å². The number of esters is 1. The van der Waals surface area contributed by atoms with Gasteiger partial charge in [0.1, 0.15) is 6.10 Å². The van der Waals surface area contributed by atoms with Gasteiger partial charge in [0.05, 0.1) is 5.92 Å². The molecule has 0 aromatic heterocycles. The minimum atomic E-state index is 0.0877. The number of carbonyl (C=O) groups is 1. The lowest BCUT2D eigenvalue weighted by Gasteiger charge is -2.31. The number of ether oxygens (including phenoxy) is 1. The summed E-state index contributed by atoms with van der Waals surface area (Å²) in [5.74, 6) is 3.19. The van der Waals surface area contributed by atoms with Gasteiger partial charge in [-0.15, -0.1) is 13.2 Å². The van der Waals surface area contributed by atoms with Crippen LogP contribution in [0.25, 0.3) is 0 Å². The lowest BCUT2D eigenvalue weighted by Crippen LogP contribution is -2.30. The zero-order chi connectivity index (χ0) is 20.5. The first-order valence-corrected chi connectivity index (χ1v) is 12.3. The lowest BCUT2D eigenvalue weighted by molar-refractivity contribution is -0.157. The Morgan fingerprint density at radius 2 is 1.31 bits per heavy atom. The van der Waals surface area contributed by atoms with E-state index in [2.05, 4.69) is 31.4 Å². The van der Waals surface area contributed by atoms with Crippen molar-refractivity contribution in [2.75, 3.05) is 0 Å². The minimum Gasteiger partial charge on any atom is -0.462 e. The van der Waals surface area contributed by atoms with Gasteiger partial charge in [-0.25, -0.2) is 0 Å². The molecule has 0 radical (unpaired) electrons. The number of carbonyl (C=O) groups excluding carboxylic acids is 1. The summed E-state index contributed by atoms with van der Waals surface area (Å²) in [6.45, 7) is 7.76. The number of allylic oxidation sites excluding steroid dienone is 4. The molecule has 0 amide bonds. The van der Waals surface area contributed by atoms with E-state index in [4.69, 9.17) is 4.74 Å². The van der Waals surface area contributed by atoms with Crippen LogP contribution in [0.15, 0.2) is 37.5 Å². The highest BCUT2D eigenvalue weighted by Gasteiger charge is 2.30. The SMILES string of the molecule is C=CCCC1CCC(OC(=O)C2CCC(C=CC3CCC(C=C)CC3)CC2)CC1. The standard InChI is InChI=1S/C27H42O2/c1-3-5-6-22-15-19-26(20-16-22)29-27(28)25-17-13-24(14-18-25)12-11-23-9-7-21(4-2)8-10-23/h3-4,11-12,21-26H,1-2,5-10,13-20H2. The van der Waals surface area contributed by atoms with Crippen LogP contribution in [0.2, 0.25) is 0 Å². The van der Waals surface area contributed by atoms with Crippen LogP contribution >= 0.6 is 0 Å². The maximum atomic E-state index is 12.6. The van der Waals surface area contributed by atoms with Crippen molar-refractivity contribution in [2.24, 2.45) is 29.6 Å². The van der Waals surface area contributed by atoms with E-state index < -0.39 is 0 Å². The Kier molecular flexibility index (Phi) is 9.08. The van der Waals surface area contributed by atoms with Gasteiger partial charge >= 0.3 is 5.97 Å². The van der Waals surface area contributed by atoms with Gasteiger partial charge in [-0.05, 0) is 114 Å². The Hall–Kier alpha value is -1.31. The van der Waals surface area contributed by atoms with Crippen LogP contribution < -0.4 is 0 Å². The predicted molar refractivity (Wildman–Crippen MR) is 122 cm³/mol. The molecule has 0 atom stereocenters. The molecule has 0 unspecified atom stereocenters. The number of hydrogen-bond donors (Lipinski definition) is 0. The summed E-state index contributed by atoms with van der Waals surface area (Å²) in [7, 11) is 0. The van der Waals surface area contributed by atoms with Crippen molar-refractivity contribution in [3.8, 4) is 0 Å². The molecule has 0 aliphatic heterocycles. The van der Waals surface area contributed by atoms with Crippen molar-refractivity contribution in [3.63, 3.8) is 0 Å². The van der Waals surface area contributed by atoms with Crippen molar-refractivity contribution >= 4 is 5.97 Å². The normalized spacial score (nSPS) is 35.9. The molecule has 0 N–H and O–H groups in total. The molecule has 29 heavy (non-hydrogen) atoms. The number of rotatable bonds is 8. The Morgan fingerprint density at radius 3 is 1.86 bits per heavy atom. The van der Waals surface area contributed by atoms with Crippen molar-refractivity contribution in [2.45, 2.75) is 96.0 Å². The summed E-state index contributed by atoms with van der Waals surface area (Å²) in [5.41, 5.74) is 0. The van der Waals surface area contributed by atoms with Crippen LogP contribution in [-0.4, -0.2) is 12.1 Å². The average Bonchev–Trinajstić information content (AvgIpc) is 2.78. The fourth-order valence-corrected chi connectivity index (χ4v) is 5.59. The van der Waals surface area contributed by atoms with E-state index in [9.17, 15) is 4.79 Å². The molecule has 0 heterocycles. The second kappa shape index (κ2) is 11.8. The van der Waals surface area contributed by atoms with Crippen molar-refractivity contribution in [1.82, 2.24) is 0 Å². The van der Waals surface area contributed by atoms with Gasteiger partial charge in [-0.2, -0.15) is 0 Å². The summed E-state index contributed by atoms with van der Waals surface area (Å²) in [4.78, 5) is 12.6. The van der Waals surface area contributed by atoms with Gasteiger partial charge in [0.15, 0.2) is 0 Å². The monoisotopic (exact) mass is 398 g/mol. The van der Waals surface area contributed by atoms with Crippen LogP contribution in [0.1, 0.15) is 89.9 Å². The predicted octanol–water partition coefficient (Wildman–Crippen LogP) is 7.41. The van der Waals surface area contributed by atoms with E-state index in [1.165, 1.54) is 44.9 Å². The molecule has 0 aromatic rings. The third-order valence-electron chi connectivity index (χ3n) is 7.77. The third-order valence-corrected chi connectivity index (χ3v) is 7.77. The fourth-order valence-electron chi connectivity index (χ4n) is 5.59. The van der Waals surface area contributed by atoms with Gasteiger partial charge in [0, 0.05) is 0 Å². The Bertz CT molecular complexity index is 539. The molecule has 0 aromatic carbocycles. The largest absolute Gasteiger partial charge is 0.462 e. The molecule has 3 rings (SSSR count). The van der Waals surface area contributed by atoms with Crippen LogP contribution in [-0.2, 0) is 9.53 Å². The van der Waals surface area contributed by atoms with E-state index in [-0.39, 0.29) is 18.0 Å². The Labute approximate surface area is 178 Å². The first kappa shape index (κ1) is 22.4. The van der Waals surface area contributed by atoms with Crippen LogP contribution in [0, 0.1) is 29.6 Å². The first-order chi connectivity index (χ1) is 14.2.